The Morgan fingerprint density at radius 1 is 1.20 bits per heavy atom. The molecule has 0 saturated heterocycles. The first-order valence-electron chi connectivity index (χ1n) is 6.01. The van der Waals surface area contributed by atoms with Crippen molar-refractivity contribution >= 4 is 17.6 Å². The summed E-state index contributed by atoms with van der Waals surface area (Å²) in [5.41, 5.74) is 5.65. The second kappa shape index (κ2) is 6.27. The van der Waals surface area contributed by atoms with E-state index in [9.17, 15) is 9.59 Å². The first kappa shape index (κ1) is 15.8. The smallest absolute Gasteiger partial charge is 0.337 e. The summed E-state index contributed by atoms with van der Waals surface area (Å²) in [6.07, 6.45) is 0. The number of hydrogen-bond acceptors (Lipinski definition) is 6. The third kappa shape index (κ3) is 3.63. The highest BCUT2D eigenvalue weighted by Crippen LogP contribution is 2.26. The number of nitrogen functional groups attached to an aromatic ring is 1. The first-order chi connectivity index (χ1) is 9.31. The maximum Gasteiger partial charge on any atom is 0.337 e. The van der Waals surface area contributed by atoms with E-state index in [1.165, 1.54) is 20.3 Å². The molecular weight excluding hydrogens is 262 g/mol. The lowest BCUT2D eigenvalue weighted by atomic mass is 9.95. The van der Waals surface area contributed by atoms with E-state index in [0.717, 1.165) is 0 Å². The molecule has 0 spiro atoms. The molecule has 0 fully saturated rings. The van der Waals surface area contributed by atoms with Gasteiger partial charge in [-0.05, 0) is 32.0 Å². The highest BCUT2D eigenvalue weighted by Gasteiger charge is 2.30. The number of anilines is 1. The van der Waals surface area contributed by atoms with Crippen molar-refractivity contribution in [3.05, 3.63) is 23.8 Å². The van der Waals surface area contributed by atoms with Crippen LogP contribution in [0.15, 0.2) is 18.2 Å². The number of carbonyl (C=O) groups excluding carboxylic acids is 2. The summed E-state index contributed by atoms with van der Waals surface area (Å²) in [6.45, 7) is 3.52. The SMILES string of the molecule is COC(=O)c1ccc(OCC(C)(C)C(=O)OC)c(N)c1. The largest absolute Gasteiger partial charge is 0.490 e. The summed E-state index contributed by atoms with van der Waals surface area (Å²) in [5.74, 6) is -0.449. The molecule has 0 amide bonds. The average molecular weight is 281 g/mol. The van der Waals surface area contributed by atoms with Gasteiger partial charge in [0.1, 0.15) is 12.4 Å². The number of ether oxygens (including phenoxy) is 3. The lowest BCUT2D eigenvalue weighted by Gasteiger charge is -2.22. The molecule has 1 rings (SSSR count). The Labute approximate surface area is 117 Å². The topological polar surface area (TPSA) is 87.8 Å². The standard InChI is InChI=1S/C14H19NO5/c1-14(2,13(17)19-4)8-20-11-6-5-9(7-10(11)15)12(16)18-3/h5-7H,8,15H2,1-4H3. The van der Waals surface area contributed by atoms with Crippen molar-refractivity contribution < 1.29 is 23.8 Å². The molecule has 0 unspecified atom stereocenters. The molecule has 0 radical (unpaired) electrons. The number of esters is 2. The van der Waals surface area contributed by atoms with E-state index in [1.54, 1.807) is 26.0 Å². The third-order valence-electron chi connectivity index (χ3n) is 2.76. The van der Waals surface area contributed by atoms with E-state index in [1.807, 2.05) is 0 Å². The van der Waals surface area contributed by atoms with Gasteiger partial charge in [0.25, 0.3) is 0 Å². The van der Waals surface area contributed by atoms with Gasteiger partial charge in [-0.3, -0.25) is 4.79 Å². The van der Waals surface area contributed by atoms with Crippen molar-refractivity contribution in [3.8, 4) is 5.75 Å². The Morgan fingerprint density at radius 2 is 1.85 bits per heavy atom. The fourth-order valence-corrected chi connectivity index (χ4v) is 1.52. The van der Waals surface area contributed by atoms with Crippen LogP contribution in [0.2, 0.25) is 0 Å². The molecule has 1 aromatic rings. The number of benzene rings is 1. The number of carbonyl (C=O) groups is 2. The van der Waals surface area contributed by atoms with Crippen molar-refractivity contribution in [2.24, 2.45) is 5.41 Å². The maximum absolute atomic E-state index is 11.5. The van der Waals surface area contributed by atoms with Gasteiger partial charge in [0.2, 0.25) is 0 Å². The summed E-state index contributed by atoms with van der Waals surface area (Å²) < 4.78 is 14.8. The molecule has 6 heteroatoms. The minimum atomic E-state index is -0.789. The molecule has 6 nitrogen and oxygen atoms in total. The Bertz CT molecular complexity index is 510. The molecule has 1 aromatic carbocycles. The minimum Gasteiger partial charge on any atom is -0.490 e. The van der Waals surface area contributed by atoms with Crippen molar-refractivity contribution in [2.45, 2.75) is 13.8 Å². The lowest BCUT2D eigenvalue weighted by molar-refractivity contribution is -0.152. The van der Waals surface area contributed by atoms with Crippen LogP contribution < -0.4 is 10.5 Å². The molecule has 0 atom stereocenters. The van der Waals surface area contributed by atoms with Gasteiger partial charge in [-0.2, -0.15) is 0 Å². The van der Waals surface area contributed by atoms with Crippen LogP contribution in [0, 0.1) is 5.41 Å². The van der Waals surface area contributed by atoms with Gasteiger partial charge in [-0.15, -0.1) is 0 Å². The van der Waals surface area contributed by atoms with Gasteiger partial charge < -0.3 is 19.9 Å². The molecule has 0 aliphatic carbocycles. The number of rotatable bonds is 5. The van der Waals surface area contributed by atoms with Gasteiger partial charge in [-0.25, -0.2) is 4.79 Å². The second-order valence-corrected chi connectivity index (χ2v) is 4.91. The van der Waals surface area contributed by atoms with Crippen molar-refractivity contribution in [2.75, 3.05) is 26.6 Å². The molecule has 110 valence electrons. The molecule has 0 aliphatic rings. The van der Waals surface area contributed by atoms with Crippen LogP contribution in [0.25, 0.3) is 0 Å². The number of nitrogens with two attached hydrogens (primary N) is 1. The van der Waals surface area contributed by atoms with E-state index in [0.29, 0.717) is 17.0 Å². The van der Waals surface area contributed by atoms with E-state index in [2.05, 4.69) is 9.47 Å². The van der Waals surface area contributed by atoms with E-state index in [-0.39, 0.29) is 12.6 Å². The summed E-state index contributed by atoms with van der Waals surface area (Å²) in [6, 6.07) is 4.57. The van der Waals surface area contributed by atoms with Gasteiger partial charge in [-0.1, -0.05) is 0 Å². The van der Waals surface area contributed by atoms with E-state index >= 15 is 0 Å². The van der Waals surface area contributed by atoms with Crippen LogP contribution in [-0.4, -0.2) is 32.8 Å². The summed E-state index contributed by atoms with van der Waals surface area (Å²) >= 11 is 0. The quantitative estimate of drug-likeness (QED) is 0.652. The predicted molar refractivity (Wildman–Crippen MR) is 73.5 cm³/mol. The zero-order chi connectivity index (χ0) is 15.3. The average Bonchev–Trinajstić information content (AvgIpc) is 2.43. The minimum absolute atomic E-state index is 0.113. The molecule has 0 aromatic heterocycles. The van der Waals surface area contributed by atoms with Crippen LogP contribution in [0.5, 0.6) is 5.75 Å². The summed E-state index contributed by atoms with van der Waals surface area (Å²) in [4.78, 5) is 22.9. The van der Waals surface area contributed by atoms with Gasteiger partial charge >= 0.3 is 11.9 Å². The highest BCUT2D eigenvalue weighted by molar-refractivity contribution is 5.90. The van der Waals surface area contributed by atoms with Crippen LogP contribution >= 0.6 is 0 Å². The number of hydrogen-bond donors (Lipinski definition) is 1. The Balaban J connectivity index is 2.80. The Kier molecular flexibility index (Phi) is 4.96. The van der Waals surface area contributed by atoms with Crippen LogP contribution in [0.4, 0.5) is 5.69 Å². The highest BCUT2D eigenvalue weighted by atomic mass is 16.5. The monoisotopic (exact) mass is 281 g/mol. The third-order valence-corrected chi connectivity index (χ3v) is 2.76. The van der Waals surface area contributed by atoms with E-state index in [4.69, 9.17) is 10.5 Å². The Hall–Kier alpha value is -2.24. The van der Waals surface area contributed by atoms with Gasteiger partial charge in [0, 0.05) is 0 Å². The predicted octanol–water partition coefficient (Wildman–Crippen LogP) is 1.63. The Morgan fingerprint density at radius 3 is 2.35 bits per heavy atom. The van der Waals surface area contributed by atoms with E-state index < -0.39 is 11.4 Å². The zero-order valence-corrected chi connectivity index (χ0v) is 12.1. The molecule has 0 heterocycles. The van der Waals surface area contributed by atoms with Crippen LogP contribution in [0.3, 0.4) is 0 Å². The second-order valence-electron chi connectivity index (χ2n) is 4.91. The van der Waals surface area contributed by atoms with Gasteiger partial charge in [0.05, 0.1) is 30.9 Å². The van der Waals surface area contributed by atoms with Gasteiger partial charge in [0.15, 0.2) is 0 Å². The van der Waals surface area contributed by atoms with Crippen LogP contribution in [-0.2, 0) is 14.3 Å². The lowest BCUT2D eigenvalue weighted by Crippen LogP contribution is -2.32. The fourth-order valence-electron chi connectivity index (χ4n) is 1.52. The fraction of sp³-hybridized carbons (Fsp3) is 0.429. The molecule has 0 bridgehead atoms. The van der Waals surface area contributed by atoms with Crippen molar-refractivity contribution in [1.29, 1.82) is 0 Å². The van der Waals surface area contributed by atoms with Crippen molar-refractivity contribution in [3.63, 3.8) is 0 Å². The summed E-state index contributed by atoms with van der Waals surface area (Å²) in [5, 5.41) is 0. The molecule has 2 N–H and O–H groups in total. The molecular formula is C14H19NO5. The first-order valence-corrected chi connectivity index (χ1v) is 6.01. The van der Waals surface area contributed by atoms with Crippen LogP contribution in [0.1, 0.15) is 24.2 Å². The summed E-state index contributed by atoms with van der Waals surface area (Å²) in [7, 11) is 2.62. The maximum atomic E-state index is 11.5. The normalized spacial score (nSPS) is 10.8. The molecule has 20 heavy (non-hydrogen) atoms. The zero-order valence-electron chi connectivity index (χ0n) is 12.1. The molecule has 0 aliphatic heterocycles. The number of methoxy groups -OCH3 is 2. The van der Waals surface area contributed by atoms with Crippen molar-refractivity contribution in [1.82, 2.24) is 0 Å². The molecule has 0 saturated carbocycles.